The van der Waals surface area contributed by atoms with Gasteiger partial charge in [-0.25, -0.2) is 9.97 Å². The molecule has 3 nitrogen and oxygen atoms in total. The third kappa shape index (κ3) is 3.15. The Hall–Kier alpha value is -1.30. The first-order chi connectivity index (χ1) is 10.2. The topological polar surface area (TPSA) is 37.8 Å². The molecule has 1 aromatic carbocycles. The fraction of sp³-hybridized carbons (Fsp3) is 0.375. The molecule has 0 saturated heterocycles. The van der Waals surface area contributed by atoms with Gasteiger partial charge in [0.2, 0.25) is 0 Å². The van der Waals surface area contributed by atoms with Crippen molar-refractivity contribution in [2.75, 3.05) is 0 Å². The summed E-state index contributed by atoms with van der Waals surface area (Å²) in [5, 5.41) is 5.89. The number of rotatable bonds is 5. The van der Waals surface area contributed by atoms with Crippen LogP contribution in [0.2, 0.25) is 0 Å². The van der Waals surface area contributed by atoms with E-state index in [2.05, 4.69) is 49.3 Å². The first-order valence-corrected chi connectivity index (χ1v) is 8.86. The fourth-order valence-electron chi connectivity index (χ4n) is 2.28. The second kappa shape index (κ2) is 6.22. The highest BCUT2D eigenvalue weighted by molar-refractivity contribution is 7.18. The average molecular weight is 317 g/mol. The van der Waals surface area contributed by atoms with E-state index in [1.54, 1.807) is 22.7 Å². The van der Waals surface area contributed by atoms with Gasteiger partial charge in [0.05, 0.1) is 22.3 Å². The lowest BCUT2D eigenvalue weighted by atomic mass is 10.2. The van der Waals surface area contributed by atoms with Crippen LogP contribution in [0.5, 0.6) is 0 Å². The Morgan fingerprint density at radius 1 is 1.10 bits per heavy atom. The molecule has 0 fully saturated rings. The van der Waals surface area contributed by atoms with E-state index >= 15 is 0 Å². The number of thiazole rings is 2. The largest absolute Gasteiger partial charge is 0.299 e. The minimum absolute atomic E-state index is 0.228. The van der Waals surface area contributed by atoms with E-state index < -0.39 is 0 Å². The van der Waals surface area contributed by atoms with Gasteiger partial charge in [0.25, 0.3) is 0 Å². The number of hydrogen-bond donors (Lipinski definition) is 1. The zero-order valence-electron chi connectivity index (χ0n) is 12.5. The zero-order chi connectivity index (χ0) is 14.8. The summed E-state index contributed by atoms with van der Waals surface area (Å²) in [5.41, 5.74) is 1.08. The number of nitrogens with zero attached hydrogens (tertiary/aromatic N) is 2. The summed E-state index contributed by atoms with van der Waals surface area (Å²) in [4.78, 5) is 10.6. The van der Waals surface area contributed by atoms with Crippen LogP contribution in [-0.4, -0.2) is 9.97 Å². The van der Waals surface area contributed by atoms with Crippen LogP contribution in [-0.2, 0) is 6.42 Å². The summed E-state index contributed by atoms with van der Waals surface area (Å²) < 4.78 is 1.25. The summed E-state index contributed by atoms with van der Waals surface area (Å²) >= 11 is 3.55. The maximum atomic E-state index is 4.72. The van der Waals surface area contributed by atoms with Crippen LogP contribution in [0.25, 0.3) is 10.2 Å². The Kier molecular flexibility index (Phi) is 4.33. The first-order valence-electron chi connectivity index (χ1n) is 7.23. The van der Waals surface area contributed by atoms with Gasteiger partial charge in [-0.3, -0.25) is 5.32 Å². The highest BCUT2D eigenvalue weighted by atomic mass is 32.1. The third-order valence-corrected chi connectivity index (χ3v) is 6.01. The molecule has 2 atom stereocenters. The molecule has 0 spiro atoms. The number of aryl methyl sites for hydroxylation is 1. The first kappa shape index (κ1) is 14.6. The fourth-order valence-corrected chi connectivity index (χ4v) is 4.13. The van der Waals surface area contributed by atoms with E-state index in [9.17, 15) is 0 Å². The van der Waals surface area contributed by atoms with Crippen molar-refractivity contribution < 1.29 is 0 Å². The second-order valence-corrected chi connectivity index (χ2v) is 7.36. The molecule has 2 aromatic heterocycles. The van der Waals surface area contributed by atoms with Gasteiger partial charge in [0, 0.05) is 11.1 Å². The summed E-state index contributed by atoms with van der Waals surface area (Å²) in [6, 6.07) is 8.77. The number of hydrogen-bond acceptors (Lipinski definition) is 5. The van der Waals surface area contributed by atoms with Gasteiger partial charge in [0.15, 0.2) is 0 Å². The molecule has 3 aromatic rings. The van der Waals surface area contributed by atoms with Gasteiger partial charge >= 0.3 is 0 Å². The van der Waals surface area contributed by atoms with Gasteiger partial charge in [0.1, 0.15) is 10.0 Å². The van der Waals surface area contributed by atoms with Crippen molar-refractivity contribution in [3.63, 3.8) is 0 Å². The Morgan fingerprint density at radius 2 is 1.86 bits per heavy atom. The molecule has 5 heteroatoms. The van der Waals surface area contributed by atoms with E-state index in [4.69, 9.17) is 4.98 Å². The number of fused-ring (bicyclic) bond motifs is 1. The van der Waals surface area contributed by atoms with Crippen LogP contribution in [0, 0.1) is 0 Å². The van der Waals surface area contributed by atoms with Gasteiger partial charge in [-0.15, -0.1) is 22.7 Å². The minimum Gasteiger partial charge on any atom is -0.299 e. The van der Waals surface area contributed by atoms with Gasteiger partial charge in [-0.1, -0.05) is 19.1 Å². The summed E-state index contributed by atoms with van der Waals surface area (Å²) in [6.45, 7) is 6.50. The molecule has 3 rings (SSSR count). The highest BCUT2D eigenvalue weighted by Crippen LogP contribution is 2.28. The van der Waals surface area contributed by atoms with Gasteiger partial charge < -0.3 is 0 Å². The smallest absolute Gasteiger partial charge is 0.111 e. The number of para-hydroxylation sites is 1. The molecule has 0 radical (unpaired) electrons. The van der Waals surface area contributed by atoms with E-state index in [1.165, 1.54) is 9.58 Å². The number of nitrogens with one attached hydrogen (secondary N) is 1. The third-order valence-electron chi connectivity index (χ3n) is 3.47. The van der Waals surface area contributed by atoms with E-state index in [0.29, 0.717) is 0 Å². The highest BCUT2D eigenvalue weighted by Gasteiger charge is 2.16. The molecular formula is C16H19N3S2. The molecular weight excluding hydrogens is 298 g/mol. The molecule has 0 aliphatic carbocycles. The van der Waals surface area contributed by atoms with Crippen molar-refractivity contribution >= 4 is 32.9 Å². The van der Waals surface area contributed by atoms with Gasteiger partial charge in [-0.2, -0.15) is 0 Å². The Morgan fingerprint density at radius 3 is 2.57 bits per heavy atom. The number of aromatic nitrogens is 2. The molecule has 0 saturated carbocycles. The number of benzene rings is 1. The standard InChI is InChI=1S/C16H19N3S2/c1-4-12-9-17-15(20-12)10(2)18-11(3)16-19-13-7-5-6-8-14(13)21-16/h5-11,18H,4H2,1-3H3. The summed E-state index contributed by atoms with van der Waals surface area (Å²) in [7, 11) is 0. The quantitative estimate of drug-likeness (QED) is 0.739. The lowest BCUT2D eigenvalue weighted by Gasteiger charge is -2.16. The van der Waals surface area contributed by atoms with Crippen LogP contribution >= 0.6 is 22.7 Å². The predicted molar refractivity (Wildman–Crippen MR) is 91.1 cm³/mol. The van der Waals surface area contributed by atoms with Crippen molar-refractivity contribution in [2.24, 2.45) is 0 Å². The predicted octanol–water partition coefficient (Wildman–Crippen LogP) is 4.73. The van der Waals surface area contributed by atoms with Crippen molar-refractivity contribution in [1.82, 2.24) is 15.3 Å². The maximum absolute atomic E-state index is 4.72. The molecule has 0 aliphatic rings. The lowest BCUT2D eigenvalue weighted by Crippen LogP contribution is -2.22. The average Bonchev–Trinajstić information content (AvgIpc) is 3.13. The van der Waals surface area contributed by atoms with Crippen LogP contribution < -0.4 is 5.32 Å². The van der Waals surface area contributed by atoms with Crippen molar-refractivity contribution in [1.29, 1.82) is 0 Å². The molecule has 0 amide bonds. The minimum atomic E-state index is 0.228. The molecule has 2 heterocycles. The van der Waals surface area contributed by atoms with E-state index in [1.807, 2.05) is 12.3 Å². The summed E-state index contributed by atoms with van der Waals surface area (Å²) in [6.07, 6.45) is 3.04. The van der Waals surface area contributed by atoms with Crippen molar-refractivity contribution in [2.45, 2.75) is 39.3 Å². The molecule has 2 unspecified atom stereocenters. The van der Waals surface area contributed by atoms with E-state index in [-0.39, 0.29) is 12.1 Å². The van der Waals surface area contributed by atoms with Crippen LogP contribution in [0.1, 0.15) is 47.7 Å². The molecule has 21 heavy (non-hydrogen) atoms. The monoisotopic (exact) mass is 317 g/mol. The SMILES string of the molecule is CCc1cnc(C(C)NC(C)c2nc3ccccc3s2)s1. The molecule has 0 bridgehead atoms. The molecule has 110 valence electrons. The second-order valence-electron chi connectivity index (χ2n) is 5.15. The van der Waals surface area contributed by atoms with Crippen LogP contribution in [0.15, 0.2) is 30.5 Å². The van der Waals surface area contributed by atoms with Crippen molar-refractivity contribution in [3.05, 3.63) is 45.4 Å². The molecule has 1 N–H and O–H groups in total. The summed E-state index contributed by atoms with van der Waals surface area (Å²) in [5.74, 6) is 0. The normalized spacial score (nSPS) is 14.4. The maximum Gasteiger partial charge on any atom is 0.111 e. The van der Waals surface area contributed by atoms with Crippen molar-refractivity contribution in [3.8, 4) is 0 Å². The Bertz CT molecular complexity index is 699. The Labute approximate surface area is 133 Å². The molecule has 0 aliphatic heterocycles. The van der Waals surface area contributed by atoms with Gasteiger partial charge in [-0.05, 0) is 32.4 Å². The lowest BCUT2D eigenvalue weighted by molar-refractivity contribution is 0.492. The van der Waals surface area contributed by atoms with Crippen LogP contribution in [0.3, 0.4) is 0 Å². The van der Waals surface area contributed by atoms with Crippen LogP contribution in [0.4, 0.5) is 0 Å². The van der Waals surface area contributed by atoms with E-state index in [0.717, 1.165) is 22.0 Å². The Balaban J connectivity index is 1.74. The zero-order valence-corrected chi connectivity index (χ0v) is 14.1.